The fourth-order valence-electron chi connectivity index (χ4n) is 6.71. The Morgan fingerprint density at radius 2 is 0.720 bits per heavy atom. The van der Waals surface area contributed by atoms with Crippen LogP contribution in [-0.2, 0) is 0 Å². The van der Waals surface area contributed by atoms with E-state index in [-0.39, 0.29) is 0 Å². The number of nitrogens with zero attached hydrogens (tertiary/aromatic N) is 3. The Labute approximate surface area is 291 Å². The van der Waals surface area contributed by atoms with Gasteiger partial charge < -0.3 is 0 Å². The Morgan fingerprint density at radius 1 is 0.240 bits per heavy atom. The van der Waals surface area contributed by atoms with Crippen LogP contribution in [0.15, 0.2) is 188 Å². The Balaban J connectivity index is 1.25. The van der Waals surface area contributed by atoms with E-state index in [0.717, 1.165) is 55.3 Å². The molecule has 0 saturated carbocycles. The van der Waals surface area contributed by atoms with Crippen molar-refractivity contribution in [3.8, 4) is 67.5 Å². The van der Waals surface area contributed by atoms with Gasteiger partial charge in [0.2, 0.25) is 0 Å². The van der Waals surface area contributed by atoms with Crippen molar-refractivity contribution in [2.24, 2.45) is 0 Å². The number of benzene rings is 8. The molecule has 0 N–H and O–H groups in total. The van der Waals surface area contributed by atoms with Crippen molar-refractivity contribution in [3.63, 3.8) is 0 Å². The molecule has 1 heterocycles. The summed E-state index contributed by atoms with van der Waals surface area (Å²) in [5.41, 5.74) is 9.65. The number of rotatable bonds is 6. The Morgan fingerprint density at radius 3 is 1.38 bits per heavy atom. The van der Waals surface area contributed by atoms with Crippen molar-refractivity contribution >= 4 is 21.5 Å². The topological polar surface area (TPSA) is 38.7 Å². The minimum absolute atomic E-state index is 0.631. The quantitative estimate of drug-likeness (QED) is 0.182. The van der Waals surface area contributed by atoms with Crippen LogP contribution in [0.25, 0.3) is 89.1 Å². The first kappa shape index (κ1) is 29.4. The van der Waals surface area contributed by atoms with E-state index in [1.54, 1.807) is 0 Å². The summed E-state index contributed by atoms with van der Waals surface area (Å²) in [6.45, 7) is 0. The van der Waals surface area contributed by atoms with Gasteiger partial charge in [0, 0.05) is 16.7 Å². The Hall–Kier alpha value is -6.71. The first-order valence-corrected chi connectivity index (χ1v) is 16.9. The highest BCUT2D eigenvalue weighted by atomic mass is 15.0. The van der Waals surface area contributed by atoms with Gasteiger partial charge in [0.25, 0.3) is 0 Å². The summed E-state index contributed by atoms with van der Waals surface area (Å²) < 4.78 is 0. The molecule has 0 aliphatic carbocycles. The fraction of sp³-hybridized carbons (Fsp3) is 0. The first-order valence-electron chi connectivity index (χ1n) is 16.9. The molecule has 0 aliphatic rings. The average molecular weight is 638 g/mol. The third kappa shape index (κ3) is 5.72. The van der Waals surface area contributed by atoms with Gasteiger partial charge >= 0.3 is 0 Å². The lowest BCUT2D eigenvalue weighted by Gasteiger charge is -2.13. The van der Waals surface area contributed by atoms with Crippen molar-refractivity contribution in [1.29, 1.82) is 0 Å². The van der Waals surface area contributed by atoms with Crippen LogP contribution < -0.4 is 0 Å². The molecule has 0 saturated heterocycles. The molecule has 0 fully saturated rings. The highest BCUT2D eigenvalue weighted by Crippen LogP contribution is 2.36. The van der Waals surface area contributed by atoms with E-state index in [9.17, 15) is 0 Å². The van der Waals surface area contributed by atoms with E-state index >= 15 is 0 Å². The van der Waals surface area contributed by atoms with Crippen molar-refractivity contribution in [1.82, 2.24) is 15.0 Å². The average Bonchev–Trinajstić information content (AvgIpc) is 3.21. The summed E-state index contributed by atoms with van der Waals surface area (Å²) in [5, 5.41) is 4.68. The second kappa shape index (κ2) is 12.7. The van der Waals surface area contributed by atoms with E-state index in [4.69, 9.17) is 15.0 Å². The summed E-state index contributed by atoms with van der Waals surface area (Å²) in [5.74, 6) is 1.91. The van der Waals surface area contributed by atoms with Crippen molar-refractivity contribution in [2.75, 3.05) is 0 Å². The predicted octanol–water partition coefficient (Wildman–Crippen LogP) is 12.2. The molecule has 0 atom stereocenters. The van der Waals surface area contributed by atoms with Gasteiger partial charge in [0.05, 0.1) is 0 Å². The molecular formula is C47H31N3. The van der Waals surface area contributed by atoms with Crippen LogP contribution in [0.5, 0.6) is 0 Å². The molecule has 0 unspecified atom stereocenters. The molecule has 234 valence electrons. The van der Waals surface area contributed by atoms with E-state index in [2.05, 4.69) is 158 Å². The van der Waals surface area contributed by atoms with Gasteiger partial charge in [0.1, 0.15) is 0 Å². The van der Waals surface area contributed by atoms with Crippen LogP contribution in [0.3, 0.4) is 0 Å². The predicted molar refractivity (Wildman–Crippen MR) is 207 cm³/mol. The molecule has 0 spiro atoms. The van der Waals surface area contributed by atoms with E-state index in [1.165, 1.54) is 16.3 Å². The standard InChI is InChI=1S/C47H31N3/c1-4-13-32(14-5-1)40-28-41(33-15-6-2-7-16-33)30-42(29-40)46-48-45(36-18-8-3-9-19-36)49-47(50-46)43-22-12-21-35-24-26-39(31-44(35)43)38-25-23-34-17-10-11-20-37(34)27-38/h1-31H. The van der Waals surface area contributed by atoms with Crippen molar-refractivity contribution in [3.05, 3.63) is 188 Å². The Bertz CT molecular complexity index is 2570. The van der Waals surface area contributed by atoms with Crippen molar-refractivity contribution < 1.29 is 0 Å². The molecule has 0 aliphatic heterocycles. The molecule has 8 aromatic carbocycles. The van der Waals surface area contributed by atoms with Crippen molar-refractivity contribution in [2.45, 2.75) is 0 Å². The maximum atomic E-state index is 5.24. The van der Waals surface area contributed by atoms with Gasteiger partial charge in [-0.05, 0) is 85.3 Å². The molecule has 50 heavy (non-hydrogen) atoms. The monoisotopic (exact) mass is 637 g/mol. The van der Waals surface area contributed by atoms with Crippen LogP contribution in [0.4, 0.5) is 0 Å². The van der Waals surface area contributed by atoms with Gasteiger partial charge in [-0.3, -0.25) is 0 Å². The molecule has 3 heteroatoms. The largest absolute Gasteiger partial charge is 0.208 e. The normalized spacial score (nSPS) is 11.2. The summed E-state index contributed by atoms with van der Waals surface area (Å²) in [4.78, 5) is 15.5. The van der Waals surface area contributed by atoms with E-state index in [0.29, 0.717) is 17.5 Å². The van der Waals surface area contributed by atoms with Gasteiger partial charge in [-0.15, -0.1) is 0 Å². The molecule has 0 amide bonds. The number of fused-ring (bicyclic) bond motifs is 2. The minimum atomic E-state index is 0.631. The van der Waals surface area contributed by atoms with Gasteiger partial charge in [-0.25, -0.2) is 15.0 Å². The van der Waals surface area contributed by atoms with E-state index in [1.807, 2.05) is 30.3 Å². The zero-order chi connectivity index (χ0) is 33.3. The molecule has 0 bridgehead atoms. The number of hydrogen-bond donors (Lipinski definition) is 0. The first-order chi connectivity index (χ1) is 24.7. The Kier molecular flexibility index (Phi) is 7.49. The molecular weight excluding hydrogens is 607 g/mol. The molecule has 0 radical (unpaired) electrons. The maximum absolute atomic E-state index is 5.24. The molecule has 1 aromatic heterocycles. The van der Waals surface area contributed by atoms with Crippen LogP contribution >= 0.6 is 0 Å². The SMILES string of the molecule is c1ccc(-c2cc(-c3ccccc3)cc(-c3nc(-c4ccccc4)nc(-c4cccc5ccc(-c6ccc7ccccc7c6)cc45)n3)c2)cc1. The smallest absolute Gasteiger partial charge is 0.164 e. The summed E-state index contributed by atoms with van der Waals surface area (Å²) in [7, 11) is 0. The summed E-state index contributed by atoms with van der Waals surface area (Å²) >= 11 is 0. The third-order valence-electron chi connectivity index (χ3n) is 9.28. The molecule has 9 aromatic rings. The summed E-state index contributed by atoms with van der Waals surface area (Å²) in [6, 6.07) is 65.9. The lowest BCUT2D eigenvalue weighted by atomic mass is 9.95. The lowest BCUT2D eigenvalue weighted by molar-refractivity contribution is 1.08. The molecule has 9 rings (SSSR count). The maximum Gasteiger partial charge on any atom is 0.164 e. The highest BCUT2D eigenvalue weighted by Gasteiger charge is 2.16. The van der Waals surface area contributed by atoms with Crippen LogP contribution in [0.1, 0.15) is 0 Å². The van der Waals surface area contributed by atoms with E-state index < -0.39 is 0 Å². The van der Waals surface area contributed by atoms with Gasteiger partial charge in [-0.2, -0.15) is 0 Å². The minimum Gasteiger partial charge on any atom is -0.208 e. The fourth-order valence-corrected chi connectivity index (χ4v) is 6.71. The number of aromatic nitrogens is 3. The van der Waals surface area contributed by atoms with Crippen LogP contribution in [0.2, 0.25) is 0 Å². The van der Waals surface area contributed by atoms with Gasteiger partial charge in [0.15, 0.2) is 17.5 Å². The lowest BCUT2D eigenvalue weighted by Crippen LogP contribution is -2.01. The second-order valence-electron chi connectivity index (χ2n) is 12.5. The summed E-state index contributed by atoms with van der Waals surface area (Å²) in [6.07, 6.45) is 0. The zero-order valence-electron chi connectivity index (χ0n) is 27.2. The molecule has 3 nitrogen and oxygen atoms in total. The van der Waals surface area contributed by atoms with Crippen LogP contribution in [-0.4, -0.2) is 15.0 Å². The van der Waals surface area contributed by atoms with Gasteiger partial charge in [-0.1, -0.05) is 158 Å². The zero-order valence-corrected chi connectivity index (χ0v) is 27.2. The highest BCUT2D eigenvalue weighted by molar-refractivity contribution is 5.99. The van der Waals surface area contributed by atoms with Crippen LogP contribution in [0, 0.1) is 0 Å². The number of hydrogen-bond acceptors (Lipinski definition) is 3. The third-order valence-corrected chi connectivity index (χ3v) is 9.28. The second-order valence-corrected chi connectivity index (χ2v) is 12.5.